The van der Waals surface area contributed by atoms with E-state index in [-0.39, 0.29) is 10.3 Å². The van der Waals surface area contributed by atoms with Crippen LogP contribution < -0.4 is 4.72 Å². The Kier molecular flexibility index (Phi) is 2.49. The fourth-order valence-electron chi connectivity index (χ4n) is 1.04. The smallest absolute Gasteiger partial charge is 0.356 e. The van der Waals surface area contributed by atoms with Crippen LogP contribution in [0, 0.1) is 0 Å². The molecule has 1 heterocycles. The quantitative estimate of drug-likeness (QED) is 0.798. The second kappa shape index (κ2) is 3.54. The maximum absolute atomic E-state index is 11.7. The second-order valence-corrected chi connectivity index (χ2v) is 5.95. The van der Waals surface area contributed by atoms with Crippen LogP contribution in [0.4, 0.5) is 0 Å². The Morgan fingerprint density at radius 3 is 2.80 bits per heavy atom. The summed E-state index contributed by atoms with van der Waals surface area (Å²) in [6.45, 7) is 0. The van der Waals surface area contributed by atoms with Crippen molar-refractivity contribution in [2.75, 3.05) is 0 Å². The van der Waals surface area contributed by atoms with Crippen LogP contribution >= 0.6 is 11.3 Å². The molecule has 6 nitrogen and oxygen atoms in total. The second-order valence-electron chi connectivity index (χ2n) is 3.19. The molecule has 0 unspecified atom stereocenters. The first-order valence-corrected chi connectivity index (χ1v) is 6.56. The fourth-order valence-corrected chi connectivity index (χ4v) is 3.50. The van der Waals surface area contributed by atoms with Gasteiger partial charge in [0.15, 0.2) is 9.90 Å². The maximum Gasteiger partial charge on any atom is 0.356 e. The number of carboxylic acid groups (broad SMARTS) is 1. The zero-order valence-electron chi connectivity index (χ0n) is 7.50. The predicted octanol–water partition coefficient (Wildman–Crippen LogP) is 0.282. The Hall–Kier alpha value is -0.990. The molecule has 1 fully saturated rings. The van der Waals surface area contributed by atoms with Gasteiger partial charge >= 0.3 is 5.97 Å². The Balaban J connectivity index is 2.34. The van der Waals surface area contributed by atoms with Crippen LogP contribution in [0.1, 0.15) is 23.3 Å². The van der Waals surface area contributed by atoms with Gasteiger partial charge in [0, 0.05) is 6.04 Å². The molecule has 0 atom stereocenters. The molecule has 1 saturated carbocycles. The van der Waals surface area contributed by atoms with Crippen LogP contribution in [-0.2, 0) is 10.0 Å². The number of aromatic carboxylic acids is 1. The Bertz CT molecular complexity index is 489. The van der Waals surface area contributed by atoms with Crippen molar-refractivity contribution < 1.29 is 18.3 Å². The Morgan fingerprint density at radius 2 is 2.27 bits per heavy atom. The van der Waals surface area contributed by atoms with Crippen molar-refractivity contribution in [3.8, 4) is 0 Å². The number of nitrogens with one attached hydrogen (secondary N) is 1. The summed E-state index contributed by atoms with van der Waals surface area (Å²) in [6.07, 6.45) is 1.61. The zero-order valence-corrected chi connectivity index (χ0v) is 9.14. The van der Waals surface area contributed by atoms with E-state index in [1.165, 1.54) is 5.51 Å². The number of thiazole rings is 1. The summed E-state index contributed by atoms with van der Waals surface area (Å²) >= 11 is 0.812. The third-order valence-corrected chi connectivity index (χ3v) is 4.77. The molecule has 1 aromatic rings. The SMILES string of the molecule is O=C(O)c1ncsc1S(=O)(=O)NC1CC1. The fraction of sp³-hybridized carbons (Fsp3) is 0.429. The molecule has 0 bridgehead atoms. The average molecular weight is 248 g/mol. The summed E-state index contributed by atoms with van der Waals surface area (Å²) < 4.78 is 25.5. The summed E-state index contributed by atoms with van der Waals surface area (Å²) in [5, 5.41) is 8.72. The highest BCUT2D eigenvalue weighted by atomic mass is 32.2. The predicted molar refractivity (Wildman–Crippen MR) is 52.4 cm³/mol. The zero-order chi connectivity index (χ0) is 11.1. The first-order valence-electron chi connectivity index (χ1n) is 4.20. The summed E-state index contributed by atoms with van der Waals surface area (Å²) in [5.41, 5.74) is 0.804. The van der Waals surface area contributed by atoms with E-state index >= 15 is 0 Å². The number of aromatic nitrogens is 1. The van der Waals surface area contributed by atoms with Crippen molar-refractivity contribution >= 4 is 27.3 Å². The molecule has 1 aromatic heterocycles. The van der Waals surface area contributed by atoms with Gasteiger partial charge in [0.25, 0.3) is 10.0 Å². The van der Waals surface area contributed by atoms with Crippen molar-refractivity contribution in [2.45, 2.75) is 23.1 Å². The van der Waals surface area contributed by atoms with Gasteiger partial charge in [-0.1, -0.05) is 0 Å². The van der Waals surface area contributed by atoms with E-state index in [1.807, 2.05) is 0 Å². The minimum Gasteiger partial charge on any atom is -0.476 e. The van der Waals surface area contributed by atoms with E-state index < -0.39 is 21.7 Å². The lowest BCUT2D eigenvalue weighted by Crippen LogP contribution is -2.26. The molecule has 0 radical (unpaired) electrons. The number of rotatable bonds is 4. The topological polar surface area (TPSA) is 96.4 Å². The summed E-state index contributed by atoms with van der Waals surface area (Å²) in [6, 6.07) is -0.0428. The molecule has 0 saturated heterocycles. The summed E-state index contributed by atoms with van der Waals surface area (Å²) in [5.74, 6) is -1.33. The highest BCUT2D eigenvalue weighted by Gasteiger charge is 2.32. The molecule has 0 spiro atoms. The lowest BCUT2D eigenvalue weighted by Gasteiger charge is -2.02. The number of nitrogens with zero attached hydrogens (tertiary/aromatic N) is 1. The van der Waals surface area contributed by atoms with Gasteiger partial charge < -0.3 is 5.11 Å². The summed E-state index contributed by atoms with van der Waals surface area (Å²) in [4.78, 5) is 14.2. The van der Waals surface area contributed by atoms with Crippen molar-refractivity contribution in [2.24, 2.45) is 0 Å². The molecule has 1 aliphatic carbocycles. The molecule has 0 aliphatic heterocycles. The van der Waals surface area contributed by atoms with Crippen molar-refractivity contribution in [3.63, 3.8) is 0 Å². The largest absolute Gasteiger partial charge is 0.476 e. The minimum absolute atomic E-state index is 0.0428. The molecule has 1 aliphatic rings. The molecule has 0 amide bonds. The molecule has 0 aromatic carbocycles. The standard InChI is InChI=1S/C7H8N2O4S2/c10-6(11)5-7(14-3-8-5)15(12,13)9-4-1-2-4/h3-4,9H,1-2H2,(H,10,11). The first kappa shape index (κ1) is 10.5. The van der Waals surface area contributed by atoms with Crippen LogP contribution in [-0.4, -0.2) is 30.5 Å². The monoisotopic (exact) mass is 248 g/mol. The van der Waals surface area contributed by atoms with Crippen LogP contribution in [0.3, 0.4) is 0 Å². The third-order valence-electron chi connectivity index (χ3n) is 1.88. The normalized spacial score (nSPS) is 16.5. The van der Waals surface area contributed by atoms with Gasteiger partial charge in [-0.25, -0.2) is 22.9 Å². The molecule has 15 heavy (non-hydrogen) atoms. The molecular formula is C7H8N2O4S2. The number of carboxylic acids is 1. The van der Waals surface area contributed by atoms with E-state index in [9.17, 15) is 13.2 Å². The molecule has 8 heteroatoms. The minimum atomic E-state index is -3.70. The number of sulfonamides is 1. The molecule has 82 valence electrons. The maximum atomic E-state index is 11.7. The van der Waals surface area contributed by atoms with Gasteiger partial charge in [-0.2, -0.15) is 0 Å². The van der Waals surface area contributed by atoms with Crippen LogP contribution in [0.15, 0.2) is 9.72 Å². The third kappa shape index (κ3) is 2.16. The van der Waals surface area contributed by atoms with Gasteiger partial charge in [-0.15, -0.1) is 11.3 Å². The van der Waals surface area contributed by atoms with E-state index in [0.29, 0.717) is 0 Å². The number of carbonyl (C=O) groups is 1. The van der Waals surface area contributed by atoms with E-state index in [2.05, 4.69) is 9.71 Å². The van der Waals surface area contributed by atoms with Crippen LogP contribution in [0.25, 0.3) is 0 Å². The van der Waals surface area contributed by atoms with E-state index in [1.54, 1.807) is 0 Å². The van der Waals surface area contributed by atoms with Crippen LogP contribution in [0.5, 0.6) is 0 Å². The first-order chi connectivity index (χ1) is 7.00. The van der Waals surface area contributed by atoms with Crippen molar-refractivity contribution in [1.29, 1.82) is 0 Å². The van der Waals surface area contributed by atoms with Gasteiger partial charge in [0.1, 0.15) is 0 Å². The van der Waals surface area contributed by atoms with Crippen LogP contribution in [0.2, 0.25) is 0 Å². The molecule has 2 rings (SSSR count). The molecular weight excluding hydrogens is 240 g/mol. The van der Waals surface area contributed by atoms with Gasteiger partial charge in [0.2, 0.25) is 0 Å². The Labute approximate surface area is 90.0 Å². The van der Waals surface area contributed by atoms with Crippen molar-refractivity contribution in [3.05, 3.63) is 11.2 Å². The van der Waals surface area contributed by atoms with Gasteiger partial charge in [-0.3, -0.25) is 0 Å². The lowest BCUT2D eigenvalue weighted by atomic mass is 10.5. The average Bonchev–Trinajstić information content (AvgIpc) is 2.80. The number of hydrogen-bond donors (Lipinski definition) is 2. The van der Waals surface area contributed by atoms with E-state index in [4.69, 9.17) is 5.11 Å². The van der Waals surface area contributed by atoms with Crippen molar-refractivity contribution in [1.82, 2.24) is 9.71 Å². The summed E-state index contributed by atoms with van der Waals surface area (Å²) in [7, 11) is -3.70. The highest BCUT2D eigenvalue weighted by Crippen LogP contribution is 2.25. The molecule has 2 N–H and O–H groups in total. The Morgan fingerprint density at radius 1 is 1.60 bits per heavy atom. The number of hydrogen-bond acceptors (Lipinski definition) is 5. The lowest BCUT2D eigenvalue weighted by molar-refractivity contribution is 0.0687. The van der Waals surface area contributed by atoms with Gasteiger partial charge in [-0.05, 0) is 12.8 Å². The highest BCUT2D eigenvalue weighted by molar-refractivity contribution is 7.91. The van der Waals surface area contributed by atoms with E-state index in [0.717, 1.165) is 24.2 Å². The van der Waals surface area contributed by atoms with Gasteiger partial charge in [0.05, 0.1) is 5.51 Å².